The fourth-order valence-corrected chi connectivity index (χ4v) is 3.08. The fourth-order valence-electron chi connectivity index (χ4n) is 3.08. The Hall–Kier alpha value is -4.74. The number of hydrogen-bond donors (Lipinski definition) is 2. The summed E-state index contributed by atoms with van der Waals surface area (Å²) in [5.74, 6) is -0.259. The van der Waals surface area contributed by atoms with Crippen molar-refractivity contribution in [2.24, 2.45) is 5.41 Å². The number of carboxylic acid groups (broad SMARTS) is 1. The number of carboxylic acids is 1. The SMILES string of the molecule is CNc1ccc(-c2ccc(OCC(C)(C)C(=O)O)nc2)cc1.O=Cc1cn(-c2ccccn2)nc1C(F)(F)F. The van der Waals surface area contributed by atoms with Crippen molar-refractivity contribution in [2.45, 2.75) is 20.0 Å². The molecular weight excluding hydrogens is 515 g/mol. The van der Waals surface area contributed by atoms with E-state index in [4.69, 9.17) is 9.84 Å². The van der Waals surface area contributed by atoms with Gasteiger partial charge in [0.2, 0.25) is 5.88 Å². The average Bonchev–Trinajstić information content (AvgIpc) is 3.39. The number of ether oxygens (including phenoxy) is 1. The summed E-state index contributed by atoms with van der Waals surface area (Å²) in [4.78, 5) is 29.6. The molecule has 0 amide bonds. The minimum atomic E-state index is -4.66. The topological polar surface area (TPSA) is 119 Å². The van der Waals surface area contributed by atoms with E-state index in [1.165, 1.54) is 12.3 Å². The highest BCUT2D eigenvalue weighted by Crippen LogP contribution is 2.30. The van der Waals surface area contributed by atoms with E-state index in [-0.39, 0.29) is 18.7 Å². The number of anilines is 1. The second-order valence-corrected chi connectivity index (χ2v) is 8.87. The van der Waals surface area contributed by atoms with Crippen molar-refractivity contribution in [1.29, 1.82) is 0 Å². The van der Waals surface area contributed by atoms with Crippen LogP contribution < -0.4 is 10.1 Å². The highest BCUT2D eigenvalue weighted by Gasteiger charge is 2.37. The third kappa shape index (κ3) is 7.63. The number of pyridine rings is 2. The number of aromatic nitrogens is 4. The Morgan fingerprint density at radius 3 is 2.23 bits per heavy atom. The standard InChI is InChI=1S/C17H20N2O3.C10H6F3N3O/c1-17(2,16(20)21)11-22-15-9-6-13(10-19-15)12-4-7-14(18-3)8-5-12;11-10(12,13)9-7(6-17)5-16(15-9)8-3-1-2-4-14-8/h4-10,18H,11H2,1-3H3,(H,20,21);1-6H. The van der Waals surface area contributed by atoms with Gasteiger partial charge in [-0.05, 0) is 49.7 Å². The summed E-state index contributed by atoms with van der Waals surface area (Å²) >= 11 is 0. The molecule has 0 fully saturated rings. The molecule has 4 rings (SSSR count). The number of aldehydes is 1. The summed E-state index contributed by atoms with van der Waals surface area (Å²) in [5.41, 5.74) is 0.425. The Bertz CT molecular complexity index is 1390. The van der Waals surface area contributed by atoms with Crippen LogP contribution in [0.25, 0.3) is 16.9 Å². The van der Waals surface area contributed by atoms with Gasteiger partial charge in [-0.25, -0.2) is 14.6 Å². The van der Waals surface area contributed by atoms with Crippen LogP contribution in [-0.2, 0) is 11.0 Å². The molecule has 0 spiro atoms. The van der Waals surface area contributed by atoms with Gasteiger partial charge in [0.25, 0.3) is 0 Å². The molecule has 0 saturated carbocycles. The van der Waals surface area contributed by atoms with E-state index in [2.05, 4.69) is 20.4 Å². The highest BCUT2D eigenvalue weighted by atomic mass is 19.4. The Morgan fingerprint density at radius 1 is 1.05 bits per heavy atom. The zero-order valence-corrected chi connectivity index (χ0v) is 21.3. The van der Waals surface area contributed by atoms with E-state index < -0.39 is 28.8 Å². The molecule has 9 nitrogen and oxygen atoms in total. The van der Waals surface area contributed by atoms with Gasteiger partial charge in [0.15, 0.2) is 17.8 Å². The van der Waals surface area contributed by atoms with Crippen molar-refractivity contribution in [2.75, 3.05) is 19.0 Å². The number of aliphatic carboxylic acids is 1. The molecule has 0 radical (unpaired) electrons. The third-order valence-electron chi connectivity index (χ3n) is 5.43. The zero-order chi connectivity index (χ0) is 28.6. The number of hydrogen-bond acceptors (Lipinski definition) is 7. The number of nitrogens with one attached hydrogen (secondary N) is 1. The Kier molecular flexibility index (Phi) is 9.02. The van der Waals surface area contributed by atoms with Gasteiger partial charge in [-0.1, -0.05) is 18.2 Å². The Labute approximate surface area is 222 Å². The lowest BCUT2D eigenvalue weighted by molar-refractivity contribution is -0.148. The molecule has 12 heteroatoms. The molecule has 0 aliphatic heterocycles. The molecule has 0 atom stereocenters. The van der Waals surface area contributed by atoms with Gasteiger partial charge in [-0.15, -0.1) is 0 Å². The molecule has 204 valence electrons. The third-order valence-corrected chi connectivity index (χ3v) is 5.43. The Balaban J connectivity index is 0.000000223. The van der Waals surface area contributed by atoms with Crippen molar-refractivity contribution in [3.05, 3.63) is 84.4 Å². The predicted octanol–water partition coefficient (Wildman–Crippen LogP) is 5.38. The second-order valence-electron chi connectivity index (χ2n) is 8.87. The van der Waals surface area contributed by atoms with Crippen molar-refractivity contribution in [3.63, 3.8) is 0 Å². The maximum Gasteiger partial charge on any atom is 0.435 e. The number of rotatable bonds is 8. The first kappa shape index (κ1) is 28.8. The predicted molar refractivity (Wildman–Crippen MR) is 138 cm³/mol. The lowest BCUT2D eigenvalue weighted by Gasteiger charge is -2.18. The molecule has 3 aromatic heterocycles. The first-order valence-corrected chi connectivity index (χ1v) is 11.6. The van der Waals surface area contributed by atoms with Gasteiger partial charge in [-0.3, -0.25) is 9.59 Å². The molecule has 0 aliphatic rings. The molecule has 2 N–H and O–H groups in total. The normalized spacial score (nSPS) is 11.2. The summed E-state index contributed by atoms with van der Waals surface area (Å²) in [7, 11) is 1.88. The van der Waals surface area contributed by atoms with E-state index in [0.29, 0.717) is 5.88 Å². The minimum Gasteiger partial charge on any atom is -0.481 e. The number of benzene rings is 1. The van der Waals surface area contributed by atoms with Crippen LogP contribution in [0.5, 0.6) is 5.88 Å². The largest absolute Gasteiger partial charge is 0.481 e. The van der Waals surface area contributed by atoms with Crippen LogP contribution in [0.4, 0.5) is 18.9 Å². The van der Waals surface area contributed by atoms with Crippen LogP contribution in [0.1, 0.15) is 29.9 Å². The summed E-state index contributed by atoms with van der Waals surface area (Å²) in [6.07, 6.45) is -0.397. The quantitative estimate of drug-likeness (QED) is 0.286. The molecule has 0 bridgehead atoms. The lowest BCUT2D eigenvalue weighted by Crippen LogP contribution is -2.30. The van der Waals surface area contributed by atoms with Gasteiger partial charge in [0, 0.05) is 43.0 Å². The van der Waals surface area contributed by atoms with E-state index in [0.717, 1.165) is 27.7 Å². The summed E-state index contributed by atoms with van der Waals surface area (Å²) < 4.78 is 43.9. The lowest BCUT2D eigenvalue weighted by atomic mass is 9.95. The Morgan fingerprint density at radius 2 is 1.74 bits per heavy atom. The number of nitrogens with zero attached hydrogens (tertiary/aromatic N) is 4. The zero-order valence-electron chi connectivity index (χ0n) is 21.3. The van der Waals surface area contributed by atoms with Crippen LogP contribution in [0.15, 0.2) is 73.2 Å². The van der Waals surface area contributed by atoms with Gasteiger partial charge in [0.05, 0.1) is 11.0 Å². The molecule has 4 aromatic rings. The number of carbonyl (C=O) groups excluding carboxylic acids is 1. The fraction of sp³-hybridized carbons (Fsp3) is 0.222. The van der Waals surface area contributed by atoms with E-state index >= 15 is 0 Å². The van der Waals surface area contributed by atoms with Crippen molar-refractivity contribution < 1.29 is 32.6 Å². The number of carbonyl (C=O) groups is 2. The van der Waals surface area contributed by atoms with E-state index in [1.54, 1.807) is 38.2 Å². The van der Waals surface area contributed by atoms with Gasteiger partial charge in [0.1, 0.15) is 6.61 Å². The van der Waals surface area contributed by atoms with Gasteiger partial charge < -0.3 is 15.2 Å². The minimum absolute atomic E-state index is 0.0749. The van der Waals surface area contributed by atoms with E-state index in [1.807, 2.05) is 37.4 Å². The molecule has 3 heterocycles. The molecule has 1 aromatic carbocycles. The number of alkyl halides is 3. The molecular formula is C27H26F3N5O4. The summed E-state index contributed by atoms with van der Waals surface area (Å²) in [5, 5.41) is 15.4. The molecule has 39 heavy (non-hydrogen) atoms. The highest BCUT2D eigenvalue weighted by molar-refractivity contribution is 5.76. The maximum atomic E-state index is 12.5. The molecule has 0 saturated heterocycles. The monoisotopic (exact) mass is 541 g/mol. The summed E-state index contributed by atoms with van der Waals surface area (Å²) in [6.45, 7) is 3.31. The summed E-state index contributed by atoms with van der Waals surface area (Å²) in [6, 6.07) is 16.4. The smallest absolute Gasteiger partial charge is 0.435 e. The van der Waals surface area contributed by atoms with Crippen LogP contribution in [0, 0.1) is 5.41 Å². The van der Waals surface area contributed by atoms with Crippen molar-refractivity contribution >= 4 is 17.9 Å². The van der Waals surface area contributed by atoms with Crippen molar-refractivity contribution in [3.8, 4) is 22.8 Å². The first-order valence-electron chi connectivity index (χ1n) is 11.6. The second kappa shape index (κ2) is 12.2. The van der Waals surface area contributed by atoms with Gasteiger partial charge in [-0.2, -0.15) is 18.3 Å². The van der Waals surface area contributed by atoms with E-state index in [9.17, 15) is 22.8 Å². The van der Waals surface area contributed by atoms with Crippen LogP contribution >= 0.6 is 0 Å². The molecule has 0 aliphatic carbocycles. The van der Waals surface area contributed by atoms with Crippen LogP contribution in [-0.4, -0.2) is 50.8 Å². The van der Waals surface area contributed by atoms with Crippen LogP contribution in [0.3, 0.4) is 0 Å². The van der Waals surface area contributed by atoms with Gasteiger partial charge >= 0.3 is 12.1 Å². The number of halogens is 3. The molecule has 0 unspecified atom stereocenters. The van der Waals surface area contributed by atoms with Crippen molar-refractivity contribution in [1.82, 2.24) is 19.7 Å². The first-order chi connectivity index (χ1) is 18.4. The maximum absolute atomic E-state index is 12.5. The van der Waals surface area contributed by atoms with Crippen LogP contribution in [0.2, 0.25) is 0 Å². The average molecular weight is 542 g/mol.